The van der Waals surface area contributed by atoms with E-state index in [0.29, 0.717) is 25.1 Å². The Hall–Kier alpha value is -1.29. The Bertz CT molecular complexity index is 342. The van der Waals surface area contributed by atoms with Crippen LogP contribution in [-0.2, 0) is 0 Å². The van der Waals surface area contributed by atoms with E-state index in [1.54, 1.807) is 6.20 Å². The highest BCUT2D eigenvalue weighted by molar-refractivity contribution is 5.50. The summed E-state index contributed by atoms with van der Waals surface area (Å²) in [6.07, 6.45) is 3.70. The summed E-state index contributed by atoms with van der Waals surface area (Å²) < 4.78 is 5.69. The van der Waals surface area contributed by atoms with Crippen LogP contribution in [0.25, 0.3) is 0 Å². The van der Waals surface area contributed by atoms with Crippen LogP contribution in [0, 0.1) is 5.92 Å². The molecule has 1 rings (SSSR count). The van der Waals surface area contributed by atoms with Gasteiger partial charge in [-0.3, -0.25) is 0 Å². The van der Waals surface area contributed by atoms with E-state index in [2.05, 4.69) is 31.1 Å². The molecule has 0 aromatic carbocycles. The van der Waals surface area contributed by atoms with Gasteiger partial charge in [0.15, 0.2) is 11.6 Å². The van der Waals surface area contributed by atoms with Crippen LogP contribution in [-0.4, -0.2) is 24.2 Å². The van der Waals surface area contributed by atoms with Gasteiger partial charge in [-0.15, -0.1) is 0 Å². The molecule has 1 aromatic rings. The molecule has 1 heterocycles. The van der Waals surface area contributed by atoms with E-state index in [1.165, 1.54) is 0 Å². The van der Waals surface area contributed by atoms with Gasteiger partial charge < -0.3 is 15.8 Å². The summed E-state index contributed by atoms with van der Waals surface area (Å²) in [5.41, 5.74) is 5.65. The molecule has 1 aromatic heterocycles. The predicted molar refractivity (Wildman–Crippen MR) is 75.9 cm³/mol. The number of hydrogen-bond acceptors (Lipinski definition) is 4. The maximum absolute atomic E-state index is 5.69. The van der Waals surface area contributed by atoms with Gasteiger partial charge in [-0.2, -0.15) is 0 Å². The van der Waals surface area contributed by atoms with Gasteiger partial charge in [0.25, 0.3) is 0 Å². The number of rotatable bonds is 8. The maximum Gasteiger partial charge on any atom is 0.168 e. The van der Waals surface area contributed by atoms with Crippen LogP contribution in [0.1, 0.15) is 33.6 Å². The molecule has 0 amide bonds. The number of pyridine rings is 1. The van der Waals surface area contributed by atoms with Crippen molar-refractivity contribution in [1.82, 2.24) is 4.98 Å². The Morgan fingerprint density at radius 3 is 2.83 bits per heavy atom. The largest absolute Gasteiger partial charge is 0.490 e. The van der Waals surface area contributed by atoms with E-state index < -0.39 is 0 Å². The van der Waals surface area contributed by atoms with Gasteiger partial charge in [-0.05, 0) is 37.4 Å². The summed E-state index contributed by atoms with van der Waals surface area (Å²) in [6, 6.07) is 4.17. The molecule has 0 fully saturated rings. The van der Waals surface area contributed by atoms with E-state index in [4.69, 9.17) is 10.5 Å². The average molecular weight is 251 g/mol. The predicted octanol–water partition coefficient (Wildman–Crippen LogP) is 2.66. The van der Waals surface area contributed by atoms with Gasteiger partial charge in [-0.25, -0.2) is 4.98 Å². The van der Waals surface area contributed by atoms with Crippen LogP contribution < -0.4 is 15.8 Å². The van der Waals surface area contributed by atoms with Gasteiger partial charge in [0.1, 0.15) is 0 Å². The standard InChI is InChI=1S/C14H25N3O/c1-4-10-18-13-6-5-9-16-14(13)17-12(7-8-15)11(2)3/h5-6,9,11-12H,4,7-8,10,15H2,1-3H3,(H,16,17). The number of nitrogens with two attached hydrogens (primary N) is 1. The molecule has 102 valence electrons. The molecule has 0 spiro atoms. The molecule has 4 nitrogen and oxygen atoms in total. The second-order valence-corrected chi connectivity index (χ2v) is 4.77. The highest BCUT2D eigenvalue weighted by Crippen LogP contribution is 2.23. The zero-order valence-electron chi connectivity index (χ0n) is 11.6. The summed E-state index contributed by atoms with van der Waals surface area (Å²) in [5.74, 6) is 2.15. The Labute approximate surface area is 110 Å². The number of nitrogens with one attached hydrogen (secondary N) is 1. The van der Waals surface area contributed by atoms with E-state index in [-0.39, 0.29) is 0 Å². The van der Waals surface area contributed by atoms with Gasteiger partial charge in [0.05, 0.1) is 6.61 Å². The summed E-state index contributed by atoms with van der Waals surface area (Å²) in [7, 11) is 0. The van der Waals surface area contributed by atoms with E-state index >= 15 is 0 Å². The number of nitrogens with zero attached hydrogens (tertiary/aromatic N) is 1. The first kappa shape index (κ1) is 14.8. The monoisotopic (exact) mass is 251 g/mol. The van der Waals surface area contributed by atoms with Crippen molar-refractivity contribution in [2.24, 2.45) is 11.7 Å². The first-order valence-corrected chi connectivity index (χ1v) is 6.73. The smallest absolute Gasteiger partial charge is 0.168 e. The molecular formula is C14H25N3O. The highest BCUT2D eigenvalue weighted by atomic mass is 16.5. The van der Waals surface area contributed by atoms with Crippen molar-refractivity contribution in [1.29, 1.82) is 0 Å². The summed E-state index contributed by atoms with van der Waals surface area (Å²) in [5, 5.41) is 3.44. The normalized spacial score (nSPS) is 12.5. The molecule has 1 unspecified atom stereocenters. The van der Waals surface area contributed by atoms with Crippen molar-refractivity contribution in [3.8, 4) is 5.75 Å². The van der Waals surface area contributed by atoms with Crippen molar-refractivity contribution in [3.05, 3.63) is 18.3 Å². The molecule has 3 N–H and O–H groups in total. The average Bonchev–Trinajstić information content (AvgIpc) is 2.37. The summed E-state index contributed by atoms with van der Waals surface area (Å²) in [6.45, 7) is 7.85. The number of anilines is 1. The third-order valence-electron chi connectivity index (χ3n) is 2.84. The van der Waals surface area contributed by atoms with Crippen LogP contribution in [0.15, 0.2) is 18.3 Å². The Morgan fingerprint density at radius 2 is 2.22 bits per heavy atom. The first-order chi connectivity index (χ1) is 8.69. The maximum atomic E-state index is 5.69. The van der Waals surface area contributed by atoms with Crippen molar-refractivity contribution < 1.29 is 4.74 Å². The van der Waals surface area contributed by atoms with Gasteiger partial charge in [0.2, 0.25) is 0 Å². The molecule has 4 heteroatoms. The van der Waals surface area contributed by atoms with Crippen LogP contribution in [0.4, 0.5) is 5.82 Å². The Kier molecular flexibility index (Phi) is 6.50. The molecule has 0 aliphatic carbocycles. The minimum absolute atomic E-state index is 0.328. The lowest BCUT2D eigenvalue weighted by Crippen LogP contribution is -2.29. The molecule has 0 saturated carbocycles. The lowest BCUT2D eigenvalue weighted by Gasteiger charge is -2.23. The molecular weight excluding hydrogens is 226 g/mol. The fourth-order valence-corrected chi connectivity index (χ4v) is 1.75. The Morgan fingerprint density at radius 1 is 1.44 bits per heavy atom. The lowest BCUT2D eigenvalue weighted by molar-refractivity contribution is 0.317. The number of hydrogen-bond donors (Lipinski definition) is 2. The number of aromatic nitrogens is 1. The fourth-order valence-electron chi connectivity index (χ4n) is 1.75. The first-order valence-electron chi connectivity index (χ1n) is 6.73. The van der Waals surface area contributed by atoms with Gasteiger partial charge >= 0.3 is 0 Å². The summed E-state index contributed by atoms with van der Waals surface area (Å²) >= 11 is 0. The summed E-state index contributed by atoms with van der Waals surface area (Å²) in [4.78, 5) is 4.36. The van der Waals surface area contributed by atoms with E-state index in [9.17, 15) is 0 Å². The van der Waals surface area contributed by atoms with E-state index in [0.717, 1.165) is 24.4 Å². The van der Waals surface area contributed by atoms with Crippen molar-refractivity contribution >= 4 is 5.82 Å². The minimum Gasteiger partial charge on any atom is -0.490 e. The van der Waals surface area contributed by atoms with Crippen molar-refractivity contribution in [3.63, 3.8) is 0 Å². The highest BCUT2D eigenvalue weighted by Gasteiger charge is 2.15. The van der Waals surface area contributed by atoms with Crippen LogP contribution in [0.3, 0.4) is 0 Å². The van der Waals surface area contributed by atoms with Crippen molar-refractivity contribution in [2.75, 3.05) is 18.5 Å². The molecule has 1 atom stereocenters. The third-order valence-corrected chi connectivity index (χ3v) is 2.84. The minimum atomic E-state index is 0.328. The molecule has 0 aliphatic heterocycles. The zero-order valence-corrected chi connectivity index (χ0v) is 11.6. The molecule has 18 heavy (non-hydrogen) atoms. The van der Waals surface area contributed by atoms with E-state index in [1.807, 2.05) is 12.1 Å². The quantitative estimate of drug-likeness (QED) is 0.745. The second kappa shape index (κ2) is 7.93. The van der Waals surface area contributed by atoms with Gasteiger partial charge in [-0.1, -0.05) is 20.8 Å². The Balaban J connectivity index is 2.74. The van der Waals surface area contributed by atoms with Crippen LogP contribution in [0.5, 0.6) is 5.75 Å². The molecule has 0 aliphatic rings. The lowest BCUT2D eigenvalue weighted by atomic mass is 10.0. The third kappa shape index (κ3) is 4.53. The number of ether oxygens (including phenoxy) is 1. The molecule has 0 saturated heterocycles. The zero-order chi connectivity index (χ0) is 13.4. The topological polar surface area (TPSA) is 60.2 Å². The van der Waals surface area contributed by atoms with Crippen molar-refractivity contribution in [2.45, 2.75) is 39.7 Å². The SMILES string of the molecule is CCCOc1cccnc1NC(CCN)C(C)C. The second-order valence-electron chi connectivity index (χ2n) is 4.77. The fraction of sp³-hybridized carbons (Fsp3) is 0.643. The molecule has 0 bridgehead atoms. The van der Waals surface area contributed by atoms with Crippen LogP contribution >= 0.6 is 0 Å². The van der Waals surface area contributed by atoms with Gasteiger partial charge in [0, 0.05) is 12.2 Å². The molecule has 0 radical (unpaired) electrons. The van der Waals surface area contributed by atoms with Crippen LogP contribution in [0.2, 0.25) is 0 Å².